The zero-order chi connectivity index (χ0) is 9.80. The molecule has 0 aromatic carbocycles. The highest BCUT2D eigenvalue weighted by molar-refractivity contribution is 7.99. The van der Waals surface area contributed by atoms with Gasteiger partial charge >= 0.3 is 0 Å². The number of rotatable bonds is 3. The predicted molar refractivity (Wildman–Crippen MR) is 61.5 cm³/mol. The van der Waals surface area contributed by atoms with Crippen LogP contribution in [0.3, 0.4) is 0 Å². The first-order valence-corrected chi connectivity index (χ1v) is 6.25. The Bertz CT molecular complexity index is 270. The third kappa shape index (κ3) is 2.10. The summed E-state index contributed by atoms with van der Waals surface area (Å²) in [6.07, 6.45) is 5.04. The summed E-state index contributed by atoms with van der Waals surface area (Å²) in [7, 11) is 0. The molecule has 1 fully saturated rings. The van der Waals surface area contributed by atoms with Crippen LogP contribution in [0, 0.1) is 5.92 Å². The van der Waals surface area contributed by atoms with E-state index in [1.165, 1.54) is 23.5 Å². The molecule has 2 atom stereocenters. The number of nitrogens with zero attached hydrogens (tertiary/aromatic N) is 1. The number of hydrogen-bond donors (Lipinski definition) is 1. The lowest BCUT2D eigenvalue weighted by atomic mass is 9.86. The Morgan fingerprint density at radius 3 is 2.86 bits per heavy atom. The van der Waals surface area contributed by atoms with Gasteiger partial charge in [0.05, 0.1) is 0 Å². The van der Waals surface area contributed by atoms with Crippen molar-refractivity contribution in [2.75, 3.05) is 18.1 Å². The average molecular weight is 208 g/mol. The average Bonchev–Trinajstić information content (AvgIpc) is 2.74. The molecule has 2 N–H and O–H groups in total. The van der Waals surface area contributed by atoms with Gasteiger partial charge in [0, 0.05) is 12.4 Å². The molecule has 2 unspecified atom stereocenters. The molecule has 1 aliphatic rings. The Morgan fingerprint density at radius 1 is 1.50 bits per heavy atom. The Labute approximate surface area is 89.3 Å². The van der Waals surface area contributed by atoms with E-state index in [-0.39, 0.29) is 0 Å². The van der Waals surface area contributed by atoms with Crippen LogP contribution in [0.15, 0.2) is 24.5 Å². The van der Waals surface area contributed by atoms with E-state index in [1.807, 2.05) is 24.2 Å². The molecule has 0 spiro atoms. The minimum atomic E-state index is 0.535. The van der Waals surface area contributed by atoms with Crippen LogP contribution >= 0.6 is 11.8 Å². The largest absolute Gasteiger partial charge is 0.330 e. The topological polar surface area (TPSA) is 38.9 Å². The fourth-order valence-electron chi connectivity index (χ4n) is 2.08. The lowest BCUT2D eigenvalue weighted by Gasteiger charge is -2.21. The third-order valence-electron chi connectivity index (χ3n) is 2.92. The lowest BCUT2D eigenvalue weighted by Crippen LogP contribution is -2.21. The molecule has 0 bridgehead atoms. The van der Waals surface area contributed by atoms with Crippen molar-refractivity contribution in [3.63, 3.8) is 0 Å². The van der Waals surface area contributed by atoms with Gasteiger partial charge in [-0.25, -0.2) is 0 Å². The van der Waals surface area contributed by atoms with Gasteiger partial charge in [-0.15, -0.1) is 0 Å². The summed E-state index contributed by atoms with van der Waals surface area (Å²) >= 11 is 2.05. The molecule has 1 aliphatic heterocycles. The first-order chi connectivity index (χ1) is 6.92. The minimum Gasteiger partial charge on any atom is -0.330 e. The highest BCUT2D eigenvalue weighted by Crippen LogP contribution is 2.34. The molecule has 1 aromatic rings. The highest BCUT2D eigenvalue weighted by Gasteiger charge is 2.25. The van der Waals surface area contributed by atoms with E-state index >= 15 is 0 Å². The second kappa shape index (κ2) is 4.80. The molecule has 0 aliphatic carbocycles. The van der Waals surface area contributed by atoms with Crippen LogP contribution in [0.4, 0.5) is 0 Å². The van der Waals surface area contributed by atoms with Crippen molar-refractivity contribution in [1.29, 1.82) is 0 Å². The second-order valence-electron chi connectivity index (χ2n) is 3.75. The van der Waals surface area contributed by atoms with E-state index in [1.54, 1.807) is 0 Å². The summed E-state index contributed by atoms with van der Waals surface area (Å²) in [5.41, 5.74) is 7.21. The van der Waals surface area contributed by atoms with Gasteiger partial charge in [0.15, 0.2) is 0 Å². The molecule has 1 aromatic heterocycles. The molecule has 2 rings (SSSR count). The normalized spacial score (nSPS) is 23.6. The molecule has 14 heavy (non-hydrogen) atoms. The second-order valence-corrected chi connectivity index (χ2v) is 4.90. The maximum Gasteiger partial charge on any atom is 0.0270 e. The van der Waals surface area contributed by atoms with Gasteiger partial charge in [-0.2, -0.15) is 11.8 Å². The first-order valence-electron chi connectivity index (χ1n) is 5.09. The molecular formula is C11H16N2S. The van der Waals surface area contributed by atoms with Crippen LogP contribution in [0.5, 0.6) is 0 Å². The molecule has 0 saturated carbocycles. The lowest BCUT2D eigenvalue weighted by molar-refractivity contribution is 0.476. The number of nitrogens with two attached hydrogens (primary N) is 1. The SMILES string of the molecule is NCC(c1ccncc1)C1CCSC1. The molecule has 1 saturated heterocycles. The summed E-state index contributed by atoms with van der Waals surface area (Å²) in [5.74, 6) is 3.87. The molecule has 0 amide bonds. The van der Waals surface area contributed by atoms with E-state index < -0.39 is 0 Å². The number of aromatic nitrogens is 1. The van der Waals surface area contributed by atoms with Crippen LogP contribution in [0.1, 0.15) is 17.9 Å². The molecule has 3 heteroatoms. The van der Waals surface area contributed by atoms with Crippen molar-refractivity contribution in [2.45, 2.75) is 12.3 Å². The summed E-state index contributed by atoms with van der Waals surface area (Å²) < 4.78 is 0. The van der Waals surface area contributed by atoms with Gasteiger partial charge in [-0.3, -0.25) is 4.98 Å². The van der Waals surface area contributed by atoms with E-state index in [4.69, 9.17) is 5.73 Å². The fraction of sp³-hybridized carbons (Fsp3) is 0.545. The van der Waals surface area contributed by atoms with E-state index in [9.17, 15) is 0 Å². The van der Waals surface area contributed by atoms with Gasteiger partial charge in [0.1, 0.15) is 0 Å². The van der Waals surface area contributed by atoms with Crippen LogP contribution in [-0.2, 0) is 0 Å². The summed E-state index contributed by atoms with van der Waals surface area (Å²) in [6, 6.07) is 4.20. The third-order valence-corrected chi connectivity index (χ3v) is 4.11. The van der Waals surface area contributed by atoms with E-state index in [2.05, 4.69) is 17.1 Å². The highest BCUT2D eigenvalue weighted by atomic mass is 32.2. The van der Waals surface area contributed by atoms with Crippen molar-refractivity contribution in [3.8, 4) is 0 Å². The van der Waals surface area contributed by atoms with E-state index in [0.717, 1.165) is 12.5 Å². The first kappa shape index (κ1) is 9.99. The Morgan fingerprint density at radius 2 is 2.29 bits per heavy atom. The molecule has 0 radical (unpaired) electrons. The summed E-state index contributed by atoms with van der Waals surface area (Å²) in [6.45, 7) is 0.759. The van der Waals surface area contributed by atoms with Crippen LogP contribution in [0.2, 0.25) is 0 Å². The summed E-state index contributed by atoms with van der Waals surface area (Å²) in [5, 5.41) is 0. The quantitative estimate of drug-likeness (QED) is 0.824. The van der Waals surface area contributed by atoms with Crippen LogP contribution in [-0.4, -0.2) is 23.0 Å². The van der Waals surface area contributed by atoms with Gasteiger partial charge in [0.25, 0.3) is 0 Å². The van der Waals surface area contributed by atoms with Crippen molar-refractivity contribution in [3.05, 3.63) is 30.1 Å². The predicted octanol–water partition coefficient (Wildman–Crippen LogP) is 1.88. The standard InChI is InChI=1S/C11H16N2S/c12-7-11(10-3-6-14-8-10)9-1-4-13-5-2-9/h1-2,4-5,10-11H,3,6-8,12H2. The zero-order valence-electron chi connectivity index (χ0n) is 8.23. The Balaban J connectivity index is 2.12. The van der Waals surface area contributed by atoms with Gasteiger partial charge in [-0.05, 0) is 54.0 Å². The molecule has 2 nitrogen and oxygen atoms in total. The number of hydrogen-bond acceptors (Lipinski definition) is 3. The monoisotopic (exact) mass is 208 g/mol. The maximum absolute atomic E-state index is 5.85. The molecule has 76 valence electrons. The van der Waals surface area contributed by atoms with Crippen molar-refractivity contribution < 1.29 is 0 Å². The smallest absolute Gasteiger partial charge is 0.0270 e. The van der Waals surface area contributed by atoms with Gasteiger partial charge in [-0.1, -0.05) is 0 Å². The van der Waals surface area contributed by atoms with Crippen molar-refractivity contribution >= 4 is 11.8 Å². The maximum atomic E-state index is 5.85. The minimum absolute atomic E-state index is 0.535. The van der Waals surface area contributed by atoms with Crippen molar-refractivity contribution in [1.82, 2.24) is 4.98 Å². The number of pyridine rings is 1. The zero-order valence-corrected chi connectivity index (χ0v) is 9.04. The summed E-state index contributed by atoms with van der Waals surface area (Å²) in [4.78, 5) is 4.04. The molecule has 2 heterocycles. The Kier molecular flexibility index (Phi) is 3.43. The van der Waals surface area contributed by atoms with Gasteiger partial charge in [0.2, 0.25) is 0 Å². The van der Waals surface area contributed by atoms with Gasteiger partial charge < -0.3 is 5.73 Å². The number of thioether (sulfide) groups is 1. The van der Waals surface area contributed by atoms with Crippen LogP contribution < -0.4 is 5.73 Å². The molecular weight excluding hydrogens is 192 g/mol. The fourth-order valence-corrected chi connectivity index (χ4v) is 3.42. The van der Waals surface area contributed by atoms with Crippen molar-refractivity contribution in [2.24, 2.45) is 11.7 Å². The van der Waals surface area contributed by atoms with Crippen LogP contribution in [0.25, 0.3) is 0 Å². The Hall–Kier alpha value is -0.540. The van der Waals surface area contributed by atoms with E-state index in [0.29, 0.717) is 5.92 Å².